The largest absolute Gasteiger partial charge is 0.448 e. The van der Waals surface area contributed by atoms with Gasteiger partial charge in [-0.1, -0.05) is 71.6 Å². The number of fused-ring (bicyclic) bond motifs is 2. The van der Waals surface area contributed by atoms with Crippen LogP contribution in [0.15, 0.2) is 0 Å². The number of rotatable bonds is 11. The van der Waals surface area contributed by atoms with Gasteiger partial charge in [0.05, 0.1) is 30.2 Å². The first-order valence-electron chi connectivity index (χ1n) is 11.1. The third kappa shape index (κ3) is 3.74. The highest BCUT2D eigenvalue weighted by molar-refractivity contribution is 5.89. The lowest BCUT2D eigenvalue weighted by atomic mass is 9.53. The fraction of sp³-hybridized carbons (Fsp3) is 0.826. The molecule has 2 rings (SSSR count). The summed E-state index contributed by atoms with van der Waals surface area (Å²) in [6.07, 6.45) is 10.8. The zero-order valence-corrected chi connectivity index (χ0v) is 18.1. The van der Waals surface area contributed by atoms with Gasteiger partial charge in [0, 0.05) is 6.92 Å². The molecule has 0 aromatic rings. The predicted molar refractivity (Wildman–Crippen MR) is 109 cm³/mol. The summed E-state index contributed by atoms with van der Waals surface area (Å²) in [7, 11) is 0. The molecule has 0 radical (unpaired) electrons. The van der Waals surface area contributed by atoms with Crippen molar-refractivity contribution in [2.45, 2.75) is 103 Å². The zero-order chi connectivity index (χ0) is 21.5. The molecule has 0 saturated carbocycles. The Hall–Kier alpha value is -2.10. The van der Waals surface area contributed by atoms with E-state index in [-0.39, 0.29) is 5.90 Å². The minimum atomic E-state index is -1.73. The quantitative estimate of drug-likeness (QED) is 0.455. The molecular weight excluding hydrogens is 364 g/mol. The van der Waals surface area contributed by atoms with Crippen molar-refractivity contribution in [3.05, 3.63) is 0 Å². The molecule has 4 atom stereocenters. The Kier molecular flexibility index (Phi) is 7.67. The van der Waals surface area contributed by atoms with Crippen molar-refractivity contribution >= 4 is 5.90 Å². The van der Waals surface area contributed by atoms with E-state index < -0.39 is 28.6 Å². The van der Waals surface area contributed by atoms with Crippen LogP contribution in [-0.4, -0.2) is 17.8 Å². The van der Waals surface area contributed by atoms with E-state index in [0.717, 1.165) is 19.3 Å². The molecular formula is C23H34N4O2. The van der Waals surface area contributed by atoms with Gasteiger partial charge in [0.1, 0.15) is 0 Å². The average molecular weight is 399 g/mol. The van der Waals surface area contributed by atoms with Crippen LogP contribution in [0.5, 0.6) is 0 Å². The molecule has 2 saturated heterocycles. The number of nitrogens with zero attached hydrogens (tertiary/aromatic N) is 3. The molecule has 0 aromatic carbocycles. The molecule has 2 fully saturated rings. The number of hydrogen-bond acceptors (Lipinski definition) is 6. The highest BCUT2D eigenvalue weighted by Crippen LogP contribution is 2.63. The second-order valence-corrected chi connectivity index (χ2v) is 8.58. The summed E-state index contributed by atoms with van der Waals surface area (Å²) in [6, 6.07) is 6.37. The summed E-state index contributed by atoms with van der Waals surface area (Å²) in [5.74, 6) is -1.96. The summed E-state index contributed by atoms with van der Waals surface area (Å²) in [5.41, 5.74) is -3.31. The summed E-state index contributed by atoms with van der Waals surface area (Å²) in [5, 5.41) is 38.5. The lowest BCUT2D eigenvalue weighted by Gasteiger charge is -2.48. The van der Waals surface area contributed by atoms with Crippen LogP contribution in [-0.2, 0) is 9.47 Å². The molecule has 2 heterocycles. The summed E-state index contributed by atoms with van der Waals surface area (Å²) >= 11 is 0. The summed E-state index contributed by atoms with van der Waals surface area (Å²) in [6.45, 7) is 5.82. The Labute approximate surface area is 175 Å². The molecule has 29 heavy (non-hydrogen) atoms. The van der Waals surface area contributed by atoms with Crippen molar-refractivity contribution in [3.8, 4) is 18.2 Å². The third-order valence-electron chi connectivity index (χ3n) is 6.81. The Bertz CT molecular complexity index is 702. The highest BCUT2D eigenvalue weighted by Gasteiger charge is 2.78. The summed E-state index contributed by atoms with van der Waals surface area (Å²) < 4.78 is 11.9. The van der Waals surface area contributed by atoms with Gasteiger partial charge in [-0.3, -0.25) is 5.41 Å². The number of nitriles is 3. The van der Waals surface area contributed by atoms with Crippen molar-refractivity contribution in [3.63, 3.8) is 0 Å². The molecule has 2 bridgehead atoms. The van der Waals surface area contributed by atoms with Gasteiger partial charge in [0.25, 0.3) is 0 Å². The van der Waals surface area contributed by atoms with Gasteiger partial charge in [-0.2, -0.15) is 15.8 Å². The Morgan fingerprint density at radius 3 is 1.93 bits per heavy atom. The minimum absolute atomic E-state index is 0.299. The van der Waals surface area contributed by atoms with Crippen LogP contribution in [0.3, 0.4) is 0 Å². The van der Waals surface area contributed by atoms with E-state index in [1.54, 1.807) is 6.92 Å². The van der Waals surface area contributed by atoms with Crippen LogP contribution >= 0.6 is 0 Å². The van der Waals surface area contributed by atoms with Gasteiger partial charge in [-0.15, -0.1) is 0 Å². The van der Waals surface area contributed by atoms with Gasteiger partial charge in [0.2, 0.25) is 11.7 Å². The Balaban J connectivity index is 2.06. The summed E-state index contributed by atoms with van der Waals surface area (Å²) in [4.78, 5) is 0. The van der Waals surface area contributed by atoms with Crippen LogP contribution in [0.2, 0.25) is 0 Å². The van der Waals surface area contributed by atoms with E-state index in [1.807, 2.05) is 6.92 Å². The Morgan fingerprint density at radius 1 is 0.897 bits per heavy atom. The van der Waals surface area contributed by atoms with Gasteiger partial charge >= 0.3 is 0 Å². The maximum absolute atomic E-state index is 10.1. The van der Waals surface area contributed by atoms with Crippen LogP contribution in [0.25, 0.3) is 0 Å². The zero-order valence-electron chi connectivity index (χ0n) is 18.1. The monoisotopic (exact) mass is 398 g/mol. The number of unbranched alkanes of at least 4 members (excludes halogenated alkanes) is 8. The molecule has 0 spiro atoms. The lowest BCUT2D eigenvalue weighted by Crippen LogP contribution is -2.61. The Morgan fingerprint density at radius 2 is 1.45 bits per heavy atom. The van der Waals surface area contributed by atoms with Crippen molar-refractivity contribution in [2.75, 3.05) is 0 Å². The molecule has 6 heteroatoms. The molecule has 0 amide bonds. The van der Waals surface area contributed by atoms with E-state index in [9.17, 15) is 15.8 Å². The molecule has 1 N–H and O–H groups in total. The second kappa shape index (κ2) is 9.60. The standard InChI is InChI=1S/C23H34N4O2/c1-4-6-7-8-9-10-11-12-13-14-19-22(15-24,16-25)23(17-26)18(5-2)21(3,28-19)29-20(23)27/h18-19,27H,4-14H2,1-3H3. The van der Waals surface area contributed by atoms with Crippen LogP contribution < -0.4 is 0 Å². The lowest BCUT2D eigenvalue weighted by molar-refractivity contribution is -0.271. The minimum Gasteiger partial charge on any atom is -0.448 e. The fourth-order valence-electron chi connectivity index (χ4n) is 5.25. The molecule has 2 aliphatic rings. The van der Waals surface area contributed by atoms with E-state index in [1.165, 1.54) is 38.5 Å². The van der Waals surface area contributed by atoms with Crippen molar-refractivity contribution in [2.24, 2.45) is 16.7 Å². The first-order chi connectivity index (χ1) is 13.9. The second-order valence-electron chi connectivity index (χ2n) is 8.58. The van der Waals surface area contributed by atoms with Gasteiger partial charge in [-0.25, -0.2) is 0 Å². The molecule has 6 nitrogen and oxygen atoms in total. The molecule has 158 valence electrons. The smallest absolute Gasteiger partial charge is 0.214 e. The maximum atomic E-state index is 10.1. The SMILES string of the molecule is CCCCCCCCCCCC1OC2(C)OC(=N)C(C#N)(C2CC)C1(C#N)C#N. The van der Waals surface area contributed by atoms with Crippen LogP contribution in [0, 0.1) is 56.2 Å². The maximum Gasteiger partial charge on any atom is 0.214 e. The highest BCUT2D eigenvalue weighted by atomic mass is 16.7. The van der Waals surface area contributed by atoms with Gasteiger partial charge in [0.15, 0.2) is 10.8 Å². The number of ether oxygens (including phenoxy) is 2. The van der Waals surface area contributed by atoms with Gasteiger partial charge < -0.3 is 9.47 Å². The van der Waals surface area contributed by atoms with Crippen molar-refractivity contribution in [1.82, 2.24) is 0 Å². The molecule has 0 aromatic heterocycles. The van der Waals surface area contributed by atoms with Gasteiger partial charge in [-0.05, 0) is 12.8 Å². The first-order valence-corrected chi connectivity index (χ1v) is 11.1. The predicted octanol–water partition coefficient (Wildman–Crippen LogP) is 5.60. The van der Waals surface area contributed by atoms with Crippen molar-refractivity contribution < 1.29 is 9.47 Å². The average Bonchev–Trinajstić information content (AvgIpc) is 2.89. The topological polar surface area (TPSA) is 114 Å². The molecule has 2 aliphatic heterocycles. The van der Waals surface area contributed by atoms with E-state index in [2.05, 4.69) is 25.1 Å². The van der Waals surface area contributed by atoms with E-state index in [4.69, 9.17) is 14.9 Å². The van der Waals surface area contributed by atoms with Crippen LogP contribution in [0.4, 0.5) is 0 Å². The van der Waals surface area contributed by atoms with Crippen LogP contribution in [0.1, 0.15) is 91.4 Å². The molecule has 0 aliphatic carbocycles. The first kappa shape index (κ1) is 23.2. The number of hydrogen-bond donors (Lipinski definition) is 1. The number of nitrogens with one attached hydrogen (secondary N) is 1. The third-order valence-corrected chi connectivity index (χ3v) is 6.81. The normalized spacial score (nSPS) is 32.1. The van der Waals surface area contributed by atoms with E-state index in [0.29, 0.717) is 12.8 Å². The molecule has 4 unspecified atom stereocenters. The van der Waals surface area contributed by atoms with E-state index >= 15 is 0 Å². The fourth-order valence-corrected chi connectivity index (χ4v) is 5.25. The van der Waals surface area contributed by atoms with Crippen molar-refractivity contribution in [1.29, 1.82) is 21.2 Å².